The number of alkyl halides is 3. The van der Waals surface area contributed by atoms with Gasteiger partial charge in [-0.15, -0.1) is 0 Å². The van der Waals surface area contributed by atoms with Crippen LogP contribution in [0.2, 0.25) is 10.0 Å². The maximum atomic E-state index is 13.0. The van der Waals surface area contributed by atoms with Gasteiger partial charge in [0.05, 0.1) is 15.4 Å². The third-order valence-electron chi connectivity index (χ3n) is 3.23. The summed E-state index contributed by atoms with van der Waals surface area (Å²) < 4.78 is 39.0. The molecule has 2 aromatic carbocycles. The van der Waals surface area contributed by atoms with Gasteiger partial charge in [0, 0.05) is 16.7 Å². The first kappa shape index (κ1) is 20.4. The fraction of sp³-hybridized carbons (Fsp3) is 0.0714. The molecule has 27 heavy (non-hydrogen) atoms. The maximum absolute atomic E-state index is 13.0. The van der Waals surface area contributed by atoms with E-state index in [1.54, 1.807) is 0 Å². The fourth-order valence-corrected chi connectivity index (χ4v) is 2.61. The van der Waals surface area contributed by atoms with Crippen molar-refractivity contribution in [2.75, 3.05) is 5.32 Å². The van der Waals surface area contributed by atoms with Crippen LogP contribution in [-0.2, 0) is 6.18 Å². The minimum absolute atomic E-state index is 0.0168. The zero-order valence-electron chi connectivity index (χ0n) is 12.7. The van der Waals surface area contributed by atoms with Crippen molar-refractivity contribution in [2.24, 2.45) is 0 Å². The topological polar surface area (TPSA) is 115 Å². The standard InChI is InChI=1S/C14H6Cl2F3N3O5/c15-7-3-1-2-6(4-7)13(23)20-11-9(21(24)25)5-8(14(17,18)19)10(16)12(11)22(26)27/h1-5H,(H,20,23). The van der Waals surface area contributed by atoms with E-state index >= 15 is 0 Å². The molecule has 0 atom stereocenters. The van der Waals surface area contributed by atoms with Crippen molar-refractivity contribution in [1.29, 1.82) is 0 Å². The van der Waals surface area contributed by atoms with Crippen LogP contribution in [0.4, 0.5) is 30.2 Å². The number of hydrogen-bond donors (Lipinski definition) is 1. The first-order valence-electron chi connectivity index (χ1n) is 6.73. The van der Waals surface area contributed by atoms with Crippen molar-refractivity contribution >= 4 is 46.2 Å². The Hall–Kier alpha value is -2.92. The Morgan fingerprint density at radius 3 is 2.19 bits per heavy atom. The van der Waals surface area contributed by atoms with Crippen molar-refractivity contribution in [2.45, 2.75) is 6.18 Å². The van der Waals surface area contributed by atoms with Crippen LogP contribution >= 0.6 is 23.2 Å². The molecule has 1 amide bonds. The van der Waals surface area contributed by atoms with Gasteiger partial charge in [-0.2, -0.15) is 13.2 Å². The van der Waals surface area contributed by atoms with Crippen LogP contribution in [0.15, 0.2) is 30.3 Å². The molecular formula is C14H6Cl2F3N3O5. The summed E-state index contributed by atoms with van der Waals surface area (Å²) in [6.45, 7) is 0. The molecule has 2 aromatic rings. The van der Waals surface area contributed by atoms with Gasteiger partial charge in [-0.05, 0) is 18.2 Å². The van der Waals surface area contributed by atoms with Crippen molar-refractivity contribution in [3.63, 3.8) is 0 Å². The molecule has 13 heteroatoms. The number of carbonyl (C=O) groups is 1. The lowest BCUT2D eigenvalue weighted by atomic mass is 10.1. The molecule has 0 saturated carbocycles. The van der Waals surface area contributed by atoms with Gasteiger partial charge in [-0.25, -0.2) is 0 Å². The third-order valence-corrected chi connectivity index (χ3v) is 3.85. The van der Waals surface area contributed by atoms with E-state index in [1.165, 1.54) is 18.2 Å². The van der Waals surface area contributed by atoms with E-state index in [4.69, 9.17) is 23.2 Å². The molecule has 0 radical (unpaired) electrons. The van der Waals surface area contributed by atoms with Gasteiger partial charge < -0.3 is 5.32 Å². The quantitative estimate of drug-likeness (QED) is 0.543. The molecule has 0 bridgehead atoms. The van der Waals surface area contributed by atoms with Gasteiger partial charge in [0.25, 0.3) is 5.91 Å². The summed E-state index contributed by atoms with van der Waals surface area (Å²) in [4.78, 5) is 32.0. The Bertz CT molecular complexity index is 966. The van der Waals surface area contributed by atoms with Crippen molar-refractivity contribution in [1.82, 2.24) is 0 Å². The average Bonchev–Trinajstić information content (AvgIpc) is 2.52. The molecule has 0 unspecified atom stereocenters. The normalized spacial score (nSPS) is 11.1. The van der Waals surface area contributed by atoms with Crippen LogP contribution in [0, 0.1) is 20.2 Å². The van der Waals surface area contributed by atoms with Gasteiger partial charge in [0.2, 0.25) is 5.69 Å². The number of benzene rings is 2. The first-order chi connectivity index (χ1) is 12.4. The van der Waals surface area contributed by atoms with Crippen LogP contribution in [0.1, 0.15) is 15.9 Å². The monoisotopic (exact) mass is 423 g/mol. The molecule has 0 fully saturated rings. The number of anilines is 1. The highest BCUT2D eigenvalue weighted by molar-refractivity contribution is 6.34. The lowest BCUT2D eigenvalue weighted by molar-refractivity contribution is -0.392. The second kappa shape index (κ2) is 7.37. The number of carbonyl (C=O) groups excluding carboxylic acids is 1. The zero-order valence-corrected chi connectivity index (χ0v) is 14.2. The number of halogens is 5. The lowest BCUT2D eigenvalue weighted by Gasteiger charge is -2.13. The molecule has 1 N–H and O–H groups in total. The SMILES string of the molecule is O=C(Nc1c([N+](=O)[O-])cc(C(F)(F)F)c(Cl)c1[N+](=O)[O-])c1cccc(Cl)c1. The number of nitro groups is 2. The molecule has 0 saturated heterocycles. The number of rotatable bonds is 4. The van der Waals surface area contributed by atoms with E-state index in [-0.39, 0.29) is 16.7 Å². The van der Waals surface area contributed by atoms with Gasteiger partial charge in [0.1, 0.15) is 5.02 Å². The molecule has 0 spiro atoms. The molecule has 142 valence electrons. The highest BCUT2D eigenvalue weighted by Gasteiger charge is 2.42. The molecule has 0 heterocycles. The predicted molar refractivity (Wildman–Crippen MR) is 89.2 cm³/mol. The Labute approximate surface area is 157 Å². The Morgan fingerprint density at radius 1 is 1.07 bits per heavy atom. The van der Waals surface area contributed by atoms with Crippen LogP contribution in [0.3, 0.4) is 0 Å². The molecule has 0 aromatic heterocycles. The van der Waals surface area contributed by atoms with E-state index < -0.39 is 49.6 Å². The van der Waals surface area contributed by atoms with Crippen LogP contribution in [-0.4, -0.2) is 15.8 Å². The van der Waals surface area contributed by atoms with Crippen molar-refractivity contribution in [3.05, 3.63) is 71.7 Å². The molecular weight excluding hydrogens is 418 g/mol. The van der Waals surface area contributed by atoms with Crippen LogP contribution < -0.4 is 5.32 Å². The second-order valence-corrected chi connectivity index (χ2v) is 5.77. The fourth-order valence-electron chi connectivity index (χ4n) is 2.09. The smallest absolute Gasteiger partial charge is 0.310 e. The van der Waals surface area contributed by atoms with Gasteiger partial charge in [0.15, 0.2) is 0 Å². The minimum Gasteiger partial charge on any atom is -0.310 e. The molecule has 0 aliphatic carbocycles. The zero-order chi connectivity index (χ0) is 20.5. The van der Waals surface area contributed by atoms with E-state index in [0.717, 1.165) is 6.07 Å². The van der Waals surface area contributed by atoms with Crippen molar-refractivity contribution < 1.29 is 27.8 Å². The Kier molecular flexibility index (Phi) is 5.56. The lowest BCUT2D eigenvalue weighted by Crippen LogP contribution is -2.16. The summed E-state index contributed by atoms with van der Waals surface area (Å²) in [5.74, 6) is -1.07. The summed E-state index contributed by atoms with van der Waals surface area (Å²) >= 11 is 11.2. The molecule has 0 aliphatic rings. The summed E-state index contributed by atoms with van der Waals surface area (Å²) in [5.41, 5.74) is -5.78. The Morgan fingerprint density at radius 2 is 1.70 bits per heavy atom. The minimum atomic E-state index is -5.19. The van der Waals surface area contributed by atoms with Crippen molar-refractivity contribution in [3.8, 4) is 0 Å². The molecule has 0 aliphatic heterocycles. The van der Waals surface area contributed by atoms with E-state index in [1.807, 2.05) is 5.32 Å². The van der Waals surface area contributed by atoms with Gasteiger partial charge in [-0.3, -0.25) is 25.0 Å². The van der Waals surface area contributed by atoms with Gasteiger partial charge >= 0.3 is 17.6 Å². The number of nitro benzene ring substituents is 2. The summed E-state index contributed by atoms with van der Waals surface area (Å²) in [5, 5.41) is 23.0. The predicted octanol–water partition coefficient (Wildman–Crippen LogP) is 5.08. The van der Waals surface area contributed by atoms with Gasteiger partial charge in [-0.1, -0.05) is 29.3 Å². The van der Waals surface area contributed by atoms with Crippen LogP contribution in [0.25, 0.3) is 0 Å². The second-order valence-electron chi connectivity index (χ2n) is 4.96. The number of hydrogen-bond acceptors (Lipinski definition) is 5. The number of amides is 1. The van der Waals surface area contributed by atoms with E-state index in [2.05, 4.69) is 0 Å². The first-order valence-corrected chi connectivity index (χ1v) is 7.48. The summed E-state index contributed by atoms with van der Waals surface area (Å²) in [7, 11) is 0. The van der Waals surface area contributed by atoms with E-state index in [0.29, 0.717) is 0 Å². The summed E-state index contributed by atoms with van der Waals surface area (Å²) in [6, 6.07) is 5.19. The third kappa shape index (κ3) is 4.26. The molecule has 2 rings (SSSR count). The Balaban J connectivity index is 2.70. The summed E-state index contributed by atoms with van der Waals surface area (Å²) in [6.07, 6.45) is -5.19. The highest BCUT2D eigenvalue weighted by atomic mass is 35.5. The number of nitrogens with one attached hydrogen (secondary N) is 1. The largest absolute Gasteiger partial charge is 0.418 e. The number of nitrogens with zero attached hydrogens (tertiary/aromatic N) is 2. The highest BCUT2D eigenvalue weighted by Crippen LogP contribution is 2.47. The maximum Gasteiger partial charge on any atom is 0.418 e. The molecule has 8 nitrogen and oxygen atoms in total. The van der Waals surface area contributed by atoms with E-state index in [9.17, 15) is 38.2 Å². The average molecular weight is 424 g/mol. The van der Waals surface area contributed by atoms with Crippen LogP contribution in [0.5, 0.6) is 0 Å².